The van der Waals surface area contributed by atoms with Gasteiger partial charge in [-0.15, -0.1) is 0 Å². The summed E-state index contributed by atoms with van der Waals surface area (Å²) in [5.41, 5.74) is 2.23. The molecule has 67 valence electrons. The molecule has 0 spiro atoms. The topological polar surface area (TPSA) is 17.8 Å². The molecule has 0 aliphatic carbocycles. The van der Waals surface area contributed by atoms with Gasteiger partial charge in [-0.25, -0.2) is 4.98 Å². The summed E-state index contributed by atoms with van der Waals surface area (Å²) in [4.78, 5) is 4.38. The van der Waals surface area contributed by atoms with Gasteiger partial charge in [-0.1, -0.05) is 19.1 Å². The van der Waals surface area contributed by atoms with E-state index in [2.05, 4.69) is 29.5 Å². The van der Waals surface area contributed by atoms with Crippen LogP contribution in [0, 0.1) is 6.92 Å². The van der Waals surface area contributed by atoms with Gasteiger partial charge in [0, 0.05) is 13.5 Å². The normalized spacial score (nSPS) is 10.9. The zero-order valence-corrected chi connectivity index (χ0v) is 7.83. The minimum Gasteiger partial charge on any atom is -0.328 e. The molecule has 0 aliphatic heterocycles. The van der Waals surface area contributed by atoms with Crippen molar-refractivity contribution in [1.82, 2.24) is 9.55 Å². The van der Waals surface area contributed by atoms with Crippen molar-refractivity contribution in [3.8, 4) is 0 Å². The number of aryl methyl sites for hydroxylation is 1. The average molecular weight is 173 g/mol. The molecule has 0 aliphatic rings. The lowest BCUT2D eigenvalue weighted by atomic mass is 10.3. The smallest absolute Gasteiger partial charge is 0.110 e. The van der Waals surface area contributed by atoms with Gasteiger partial charge < -0.3 is 4.57 Å². The molecule has 0 saturated heterocycles. The van der Waals surface area contributed by atoms with E-state index < -0.39 is 0 Å². The number of aromatic nitrogens is 2. The highest BCUT2D eigenvalue weighted by Crippen LogP contribution is 2.15. The lowest BCUT2D eigenvalue weighted by Crippen LogP contribution is -1.98. The van der Waals surface area contributed by atoms with Crippen molar-refractivity contribution in [1.29, 1.82) is 0 Å². The lowest BCUT2D eigenvalue weighted by Gasteiger charge is -2.02. The third-order valence-corrected chi connectivity index (χ3v) is 2.18. The standard InChI is InChI=1S/C11H13N2/c1-3-8-13-9(2)12-10-6-4-5-7-11(10)13/h4-7H,2-3,8H2,1H3. The van der Waals surface area contributed by atoms with Gasteiger partial charge in [0.25, 0.3) is 0 Å². The Morgan fingerprint density at radius 3 is 2.92 bits per heavy atom. The Labute approximate surface area is 78.2 Å². The van der Waals surface area contributed by atoms with Crippen molar-refractivity contribution in [2.75, 3.05) is 0 Å². The van der Waals surface area contributed by atoms with E-state index in [1.54, 1.807) is 0 Å². The molecule has 1 radical (unpaired) electrons. The van der Waals surface area contributed by atoms with Crippen molar-refractivity contribution in [2.24, 2.45) is 0 Å². The van der Waals surface area contributed by atoms with Crippen LogP contribution in [0.1, 0.15) is 19.2 Å². The van der Waals surface area contributed by atoms with Gasteiger partial charge >= 0.3 is 0 Å². The number of para-hydroxylation sites is 2. The molecule has 13 heavy (non-hydrogen) atoms. The summed E-state index contributed by atoms with van der Waals surface area (Å²) >= 11 is 0. The number of nitrogens with zero attached hydrogens (tertiary/aromatic N) is 2. The van der Waals surface area contributed by atoms with Crippen LogP contribution >= 0.6 is 0 Å². The van der Waals surface area contributed by atoms with E-state index in [4.69, 9.17) is 0 Å². The van der Waals surface area contributed by atoms with Crippen molar-refractivity contribution in [3.05, 3.63) is 37.0 Å². The van der Waals surface area contributed by atoms with Crippen LogP contribution in [0.25, 0.3) is 11.0 Å². The van der Waals surface area contributed by atoms with E-state index in [1.807, 2.05) is 18.2 Å². The van der Waals surface area contributed by atoms with Crippen molar-refractivity contribution < 1.29 is 0 Å². The third-order valence-electron chi connectivity index (χ3n) is 2.18. The first-order valence-electron chi connectivity index (χ1n) is 4.60. The predicted molar refractivity (Wildman–Crippen MR) is 54.5 cm³/mol. The van der Waals surface area contributed by atoms with Crippen LogP contribution in [0.15, 0.2) is 24.3 Å². The first-order chi connectivity index (χ1) is 6.33. The fourth-order valence-electron chi connectivity index (χ4n) is 1.60. The summed E-state index contributed by atoms with van der Waals surface area (Å²) in [5.74, 6) is 0.864. The number of imidazole rings is 1. The van der Waals surface area contributed by atoms with Crippen LogP contribution in [-0.2, 0) is 6.54 Å². The summed E-state index contributed by atoms with van der Waals surface area (Å²) < 4.78 is 2.16. The third kappa shape index (κ3) is 1.32. The minimum atomic E-state index is 0.864. The van der Waals surface area contributed by atoms with E-state index in [-0.39, 0.29) is 0 Å². The number of hydrogen-bond donors (Lipinski definition) is 0. The maximum atomic E-state index is 4.38. The molecule has 1 aromatic heterocycles. The molecule has 2 heteroatoms. The Bertz CT molecular complexity index is 415. The minimum absolute atomic E-state index is 0.864. The first-order valence-corrected chi connectivity index (χ1v) is 4.60. The maximum absolute atomic E-state index is 4.38. The summed E-state index contributed by atoms with van der Waals surface area (Å²) in [6.45, 7) is 7.09. The molecule has 0 amide bonds. The molecular weight excluding hydrogens is 160 g/mol. The molecule has 1 heterocycles. The molecule has 0 saturated carbocycles. The van der Waals surface area contributed by atoms with Gasteiger partial charge in [0.1, 0.15) is 5.82 Å². The highest BCUT2D eigenvalue weighted by Gasteiger charge is 2.04. The number of fused-ring (bicyclic) bond motifs is 1. The Morgan fingerprint density at radius 2 is 2.15 bits per heavy atom. The molecule has 2 rings (SSSR count). The average Bonchev–Trinajstić information content (AvgIpc) is 2.44. The summed E-state index contributed by atoms with van der Waals surface area (Å²) in [5, 5.41) is 0. The highest BCUT2D eigenvalue weighted by molar-refractivity contribution is 5.76. The maximum Gasteiger partial charge on any atom is 0.110 e. The summed E-state index contributed by atoms with van der Waals surface area (Å²) in [6.07, 6.45) is 1.11. The molecular formula is C11H13N2. The summed E-state index contributed by atoms with van der Waals surface area (Å²) in [7, 11) is 0. The lowest BCUT2D eigenvalue weighted by molar-refractivity contribution is 0.686. The van der Waals surface area contributed by atoms with Crippen molar-refractivity contribution in [2.45, 2.75) is 19.9 Å². The summed E-state index contributed by atoms with van der Waals surface area (Å²) in [6, 6.07) is 8.16. The Hall–Kier alpha value is -1.31. The monoisotopic (exact) mass is 173 g/mol. The van der Waals surface area contributed by atoms with Crippen LogP contribution in [0.2, 0.25) is 0 Å². The molecule has 0 bridgehead atoms. The fraction of sp³-hybridized carbons (Fsp3) is 0.273. The molecule has 0 N–H and O–H groups in total. The second kappa shape index (κ2) is 3.21. The molecule has 0 atom stereocenters. The quantitative estimate of drug-likeness (QED) is 0.682. The second-order valence-corrected chi connectivity index (χ2v) is 3.17. The van der Waals surface area contributed by atoms with Crippen LogP contribution in [-0.4, -0.2) is 9.55 Å². The van der Waals surface area contributed by atoms with Gasteiger partial charge in [0.2, 0.25) is 0 Å². The number of benzene rings is 1. The largest absolute Gasteiger partial charge is 0.328 e. The van der Waals surface area contributed by atoms with Crippen molar-refractivity contribution >= 4 is 11.0 Å². The molecule has 1 aromatic carbocycles. The van der Waals surface area contributed by atoms with E-state index in [0.29, 0.717) is 0 Å². The van der Waals surface area contributed by atoms with E-state index in [0.717, 1.165) is 24.3 Å². The van der Waals surface area contributed by atoms with Gasteiger partial charge in [0.15, 0.2) is 0 Å². The van der Waals surface area contributed by atoms with Crippen LogP contribution in [0.5, 0.6) is 0 Å². The van der Waals surface area contributed by atoms with Crippen LogP contribution < -0.4 is 0 Å². The Kier molecular flexibility index (Phi) is 2.05. The number of rotatable bonds is 2. The van der Waals surface area contributed by atoms with Crippen LogP contribution in [0.4, 0.5) is 0 Å². The zero-order valence-electron chi connectivity index (χ0n) is 7.83. The van der Waals surface area contributed by atoms with Gasteiger partial charge in [-0.3, -0.25) is 0 Å². The van der Waals surface area contributed by atoms with Gasteiger partial charge in [0.05, 0.1) is 11.0 Å². The van der Waals surface area contributed by atoms with E-state index in [1.165, 1.54) is 5.52 Å². The first kappa shape index (κ1) is 8.30. The van der Waals surface area contributed by atoms with Crippen LogP contribution in [0.3, 0.4) is 0 Å². The highest BCUT2D eigenvalue weighted by atomic mass is 15.1. The fourth-order valence-corrected chi connectivity index (χ4v) is 1.60. The van der Waals surface area contributed by atoms with Gasteiger partial charge in [-0.2, -0.15) is 0 Å². The number of hydrogen-bond acceptors (Lipinski definition) is 1. The SMILES string of the molecule is [CH2]c1nc2ccccc2n1CCC. The molecule has 2 nitrogen and oxygen atoms in total. The van der Waals surface area contributed by atoms with Crippen molar-refractivity contribution in [3.63, 3.8) is 0 Å². The molecule has 2 aromatic rings. The zero-order chi connectivity index (χ0) is 9.26. The Balaban J connectivity index is 2.64. The second-order valence-electron chi connectivity index (χ2n) is 3.17. The van der Waals surface area contributed by atoms with E-state index in [9.17, 15) is 0 Å². The predicted octanol–water partition coefficient (Wildman–Crippen LogP) is 2.63. The molecule has 0 fully saturated rings. The molecule has 0 unspecified atom stereocenters. The van der Waals surface area contributed by atoms with E-state index >= 15 is 0 Å². The van der Waals surface area contributed by atoms with Gasteiger partial charge in [-0.05, 0) is 18.6 Å². The Morgan fingerprint density at radius 1 is 1.38 bits per heavy atom.